The fourth-order valence-electron chi connectivity index (χ4n) is 3.20. The van der Waals surface area contributed by atoms with Gasteiger partial charge in [0.15, 0.2) is 0 Å². The Morgan fingerprint density at radius 1 is 1.00 bits per heavy atom. The lowest BCUT2D eigenvalue weighted by Gasteiger charge is -2.24. The lowest BCUT2D eigenvalue weighted by Crippen LogP contribution is -2.23. The largest absolute Gasteiger partial charge is 0.328 e. The van der Waals surface area contributed by atoms with E-state index in [0.717, 1.165) is 5.82 Å². The van der Waals surface area contributed by atoms with Crippen LogP contribution in [0.4, 0.5) is 0 Å². The van der Waals surface area contributed by atoms with Crippen LogP contribution in [0.1, 0.15) is 51.3 Å². The number of aromatic nitrogens is 2. The molecule has 1 aromatic carbocycles. The number of hydrogen-bond donors (Lipinski definition) is 0. The van der Waals surface area contributed by atoms with E-state index in [1.54, 1.807) is 0 Å². The van der Waals surface area contributed by atoms with Crippen molar-refractivity contribution in [2.24, 2.45) is 0 Å². The summed E-state index contributed by atoms with van der Waals surface area (Å²) < 4.78 is 2.22. The topological polar surface area (TPSA) is 21.1 Å². The van der Waals surface area contributed by atoms with Crippen molar-refractivity contribution in [3.63, 3.8) is 0 Å². The van der Waals surface area contributed by atoms with Crippen LogP contribution in [0.25, 0.3) is 11.4 Å². The van der Waals surface area contributed by atoms with E-state index in [1.807, 2.05) is 6.20 Å². The van der Waals surface area contributed by atoms with Crippen molar-refractivity contribution in [1.29, 1.82) is 0 Å². The Bertz CT molecular complexity index is 577. The molecule has 112 valence electrons. The molecule has 1 unspecified atom stereocenters. The third kappa shape index (κ3) is 2.88. The van der Waals surface area contributed by atoms with Gasteiger partial charge in [-0.3, -0.25) is 4.90 Å². The third-order valence-corrected chi connectivity index (χ3v) is 4.56. The van der Waals surface area contributed by atoms with E-state index >= 15 is 0 Å². The summed E-state index contributed by atoms with van der Waals surface area (Å²) >= 11 is 0. The molecule has 0 radical (unpaired) electrons. The molecule has 0 aliphatic carbocycles. The van der Waals surface area contributed by atoms with Gasteiger partial charge < -0.3 is 4.57 Å². The van der Waals surface area contributed by atoms with Crippen LogP contribution >= 0.6 is 0 Å². The zero-order valence-corrected chi connectivity index (χ0v) is 13.3. The first-order valence-corrected chi connectivity index (χ1v) is 8.04. The molecule has 0 spiro atoms. The maximum atomic E-state index is 4.51. The normalized spacial score (nSPS) is 17.5. The molecule has 2 aromatic rings. The summed E-state index contributed by atoms with van der Waals surface area (Å²) in [5, 5.41) is 0. The molecule has 0 bridgehead atoms. The molecular formula is C18H25N3. The molecule has 1 aromatic heterocycles. The minimum atomic E-state index is 0.436. The molecule has 1 fully saturated rings. The fraction of sp³-hybridized carbons (Fsp3) is 0.500. The SMILES string of the molecule is CC(c1ccc(-c2nccn2C(C)C)cc1)N1CCCC1. The molecular weight excluding hydrogens is 258 g/mol. The summed E-state index contributed by atoms with van der Waals surface area (Å²) in [6.07, 6.45) is 6.62. The lowest BCUT2D eigenvalue weighted by molar-refractivity contribution is 0.263. The van der Waals surface area contributed by atoms with Crippen molar-refractivity contribution in [3.05, 3.63) is 42.2 Å². The Hall–Kier alpha value is -1.61. The molecule has 3 rings (SSSR count). The quantitative estimate of drug-likeness (QED) is 0.834. The average Bonchev–Trinajstić information content (AvgIpc) is 3.18. The smallest absolute Gasteiger partial charge is 0.140 e. The highest BCUT2D eigenvalue weighted by atomic mass is 15.2. The van der Waals surface area contributed by atoms with Gasteiger partial charge >= 0.3 is 0 Å². The molecule has 21 heavy (non-hydrogen) atoms. The van der Waals surface area contributed by atoms with E-state index in [4.69, 9.17) is 0 Å². The van der Waals surface area contributed by atoms with Crippen LogP contribution in [-0.4, -0.2) is 27.5 Å². The second-order valence-corrected chi connectivity index (χ2v) is 6.29. The van der Waals surface area contributed by atoms with Crippen LogP contribution in [0.3, 0.4) is 0 Å². The molecule has 3 nitrogen and oxygen atoms in total. The van der Waals surface area contributed by atoms with Crippen LogP contribution < -0.4 is 0 Å². The third-order valence-electron chi connectivity index (χ3n) is 4.56. The van der Waals surface area contributed by atoms with Crippen molar-refractivity contribution in [1.82, 2.24) is 14.5 Å². The second-order valence-electron chi connectivity index (χ2n) is 6.29. The van der Waals surface area contributed by atoms with Crippen molar-refractivity contribution in [2.75, 3.05) is 13.1 Å². The Morgan fingerprint density at radius 3 is 2.29 bits per heavy atom. The summed E-state index contributed by atoms with van der Waals surface area (Å²) in [7, 11) is 0. The van der Waals surface area contributed by atoms with Crippen molar-refractivity contribution < 1.29 is 0 Å². The van der Waals surface area contributed by atoms with Crippen molar-refractivity contribution in [2.45, 2.75) is 45.7 Å². The first-order valence-electron chi connectivity index (χ1n) is 8.04. The number of likely N-dealkylation sites (tertiary alicyclic amines) is 1. The molecule has 1 atom stereocenters. The number of hydrogen-bond acceptors (Lipinski definition) is 2. The van der Waals surface area contributed by atoms with Crippen LogP contribution in [0.5, 0.6) is 0 Å². The van der Waals surface area contributed by atoms with Gasteiger partial charge in [-0.1, -0.05) is 24.3 Å². The van der Waals surface area contributed by atoms with Crippen LogP contribution in [0, 0.1) is 0 Å². The van der Waals surface area contributed by atoms with Crippen LogP contribution in [-0.2, 0) is 0 Å². The van der Waals surface area contributed by atoms with Gasteiger partial charge in [0.1, 0.15) is 5.82 Å². The zero-order valence-electron chi connectivity index (χ0n) is 13.3. The van der Waals surface area contributed by atoms with Gasteiger partial charge in [-0.2, -0.15) is 0 Å². The lowest BCUT2D eigenvalue weighted by atomic mass is 10.0. The molecule has 2 heterocycles. The van der Waals surface area contributed by atoms with Gasteiger partial charge in [-0.25, -0.2) is 4.98 Å². The summed E-state index contributed by atoms with van der Waals surface area (Å²) in [4.78, 5) is 7.09. The van der Waals surface area contributed by atoms with Gasteiger partial charge in [-0.15, -0.1) is 0 Å². The predicted octanol–water partition coefficient (Wildman–Crippen LogP) is 4.29. The fourth-order valence-corrected chi connectivity index (χ4v) is 3.20. The summed E-state index contributed by atoms with van der Waals surface area (Å²) in [6, 6.07) is 9.90. The van der Waals surface area contributed by atoms with E-state index in [2.05, 4.69) is 65.7 Å². The highest BCUT2D eigenvalue weighted by Gasteiger charge is 2.19. The predicted molar refractivity (Wildman–Crippen MR) is 87.3 cm³/mol. The highest BCUT2D eigenvalue weighted by molar-refractivity contribution is 5.56. The Kier molecular flexibility index (Phi) is 4.11. The molecule has 0 saturated carbocycles. The van der Waals surface area contributed by atoms with E-state index in [0.29, 0.717) is 12.1 Å². The van der Waals surface area contributed by atoms with Crippen molar-refractivity contribution in [3.8, 4) is 11.4 Å². The van der Waals surface area contributed by atoms with Crippen LogP contribution in [0.2, 0.25) is 0 Å². The molecule has 0 N–H and O–H groups in total. The molecule has 1 saturated heterocycles. The summed E-state index contributed by atoms with van der Waals surface area (Å²) in [6.45, 7) is 9.17. The maximum Gasteiger partial charge on any atom is 0.140 e. The minimum Gasteiger partial charge on any atom is -0.328 e. The molecule has 3 heteroatoms. The Balaban J connectivity index is 1.82. The number of rotatable bonds is 4. The summed E-state index contributed by atoms with van der Waals surface area (Å²) in [5.41, 5.74) is 2.61. The first-order chi connectivity index (χ1) is 10.2. The number of benzene rings is 1. The van der Waals surface area contributed by atoms with Gasteiger partial charge in [0, 0.05) is 30.0 Å². The van der Waals surface area contributed by atoms with E-state index < -0.39 is 0 Å². The molecule has 1 aliphatic heterocycles. The van der Waals surface area contributed by atoms with Crippen LogP contribution in [0.15, 0.2) is 36.7 Å². The van der Waals surface area contributed by atoms with Gasteiger partial charge in [-0.05, 0) is 52.3 Å². The maximum absolute atomic E-state index is 4.51. The van der Waals surface area contributed by atoms with Gasteiger partial charge in [0.2, 0.25) is 0 Å². The first kappa shape index (κ1) is 14.3. The van der Waals surface area contributed by atoms with Gasteiger partial charge in [0.25, 0.3) is 0 Å². The standard InChI is InChI=1S/C18H25N3/c1-14(2)21-13-10-19-18(21)17-8-6-16(7-9-17)15(3)20-11-4-5-12-20/h6-10,13-15H,4-5,11-12H2,1-3H3. The molecule has 1 aliphatic rings. The van der Waals surface area contributed by atoms with E-state index in [-0.39, 0.29) is 0 Å². The molecule has 0 amide bonds. The second kappa shape index (κ2) is 6.02. The van der Waals surface area contributed by atoms with Crippen molar-refractivity contribution >= 4 is 0 Å². The number of nitrogens with zero attached hydrogens (tertiary/aromatic N) is 3. The monoisotopic (exact) mass is 283 g/mol. The average molecular weight is 283 g/mol. The highest BCUT2D eigenvalue weighted by Crippen LogP contribution is 2.27. The minimum absolute atomic E-state index is 0.436. The zero-order chi connectivity index (χ0) is 14.8. The van der Waals surface area contributed by atoms with E-state index in [9.17, 15) is 0 Å². The van der Waals surface area contributed by atoms with Gasteiger partial charge in [0.05, 0.1) is 0 Å². The Labute approximate surface area is 127 Å². The van der Waals surface area contributed by atoms with E-state index in [1.165, 1.54) is 37.1 Å². The summed E-state index contributed by atoms with van der Waals surface area (Å²) in [5.74, 6) is 1.06. The number of imidazole rings is 1. The Morgan fingerprint density at radius 2 is 1.67 bits per heavy atom.